The Balaban J connectivity index is 1.28. The van der Waals surface area contributed by atoms with Gasteiger partial charge in [-0.05, 0) is 30.5 Å². The van der Waals surface area contributed by atoms with Crippen molar-refractivity contribution in [1.29, 1.82) is 0 Å². The lowest BCUT2D eigenvalue weighted by atomic mass is 10.1. The van der Waals surface area contributed by atoms with Crippen molar-refractivity contribution >= 4 is 23.3 Å². The van der Waals surface area contributed by atoms with E-state index in [2.05, 4.69) is 25.7 Å². The number of nitrogen functional groups attached to an aromatic ring is 1. The third kappa shape index (κ3) is 3.12. The Morgan fingerprint density at radius 1 is 1.33 bits per heavy atom. The summed E-state index contributed by atoms with van der Waals surface area (Å²) in [6, 6.07) is 5.53. The number of pyridine rings is 1. The second kappa shape index (κ2) is 5.94. The number of nitrogens with one attached hydrogen (secondary N) is 1. The monoisotopic (exact) mass is 364 g/mol. The molecular formula is C17H16N8O2. The van der Waals surface area contributed by atoms with Crippen LogP contribution in [-0.4, -0.2) is 35.4 Å². The van der Waals surface area contributed by atoms with Crippen molar-refractivity contribution in [2.45, 2.75) is 25.3 Å². The molecule has 0 saturated heterocycles. The predicted octanol–water partition coefficient (Wildman–Crippen LogP) is 1.68. The van der Waals surface area contributed by atoms with Crippen LogP contribution in [-0.2, 0) is 11.3 Å². The minimum atomic E-state index is -0.221. The Morgan fingerprint density at radius 3 is 3.07 bits per heavy atom. The van der Waals surface area contributed by atoms with Crippen molar-refractivity contribution in [3.05, 3.63) is 42.5 Å². The van der Waals surface area contributed by atoms with Gasteiger partial charge in [-0.15, -0.1) is 5.10 Å². The molecule has 0 aliphatic heterocycles. The Morgan fingerprint density at radius 2 is 2.22 bits per heavy atom. The first-order valence-corrected chi connectivity index (χ1v) is 8.55. The van der Waals surface area contributed by atoms with Gasteiger partial charge in [-0.25, -0.2) is 4.52 Å². The van der Waals surface area contributed by atoms with Crippen molar-refractivity contribution in [2.24, 2.45) is 0 Å². The van der Waals surface area contributed by atoms with Crippen LogP contribution in [0.25, 0.3) is 16.8 Å². The lowest BCUT2D eigenvalue weighted by Gasteiger charge is -2.01. The number of rotatable bonds is 5. The van der Waals surface area contributed by atoms with Crippen molar-refractivity contribution in [3.63, 3.8) is 0 Å². The van der Waals surface area contributed by atoms with Gasteiger partial charge in [-0.1, -0.05) is 5.16 Å². The van der Waals surface area contributed by atoms with E-state index in [-0.39, 0.29) is 18.4 Å². The Hall–Kier alpha value is -3.69. The van der Waals surface area contributed by atoms with E-state index in [0.717, 1.165) is 29.7 Å². The fourth-order valence-electron chi connectivity index (χ4n) is 2.92. The van der Waals surface area contributed by atoms with Crippen LogP contribution in [0.5, 0.6) is 0 Å². The summed E-state index contributed by atoms with van der Waals surface area (Å²) in [4.78, 5) is 16.4. The summed E-state index contributed by atoms with van der Waals surface area (Å²) < 4.78 is 8.40. The number of nitrogens with two attached hydrogens (primary N) is 1. The average molecular weight is 364 g/mol. The molecule has 10 heteroatoms. The molecule has 1 aliphatic carbocycles. The maximum atomic E-state index is 12.2. The van der Waals surface area contributed by atoms with Crippen molar-refractivity contribution in [1.82, 2.24) is 29.5 Å². The smallest absolute Gasteiger partial charge is 0.247 e. The van der Waals surface area contributed by atoms with Gasteiger partial charge in [-0.2, -0.15) is 10.1 Å². The Kier molecular flexibility index (Phi) is 3.42. The lowest BCUT2D eigenvalue weighted by Crippen LogP contribution is -2.19. The zero-order valence-corrected chi connectivity index (χ0v) is 14.2. The summed E-state index contributed by atoms with van der Waals surface area (Å²) in [7, 11) is 0. The number of amides is 1. The van der Waals surface area contributed by atoms with Gasteiger partial charge >= 0.3 is 0 Å². The quantitative estimate of drug-likeness (QED) is 0.551. The lowest BCUT2D eigenvalue weighted by molar-refractivity contribution is -0.116. The predicted molar refractivity (Wildman–Crippen MR) is 95.7 cm³/mol. The number of fused-ring (bicyclic) bond motifs is 1. The molecule has 27 heavy (non-hydrogen) atoms. The second-order valence-electron chi connectivity index (χ2n) is 6.55. The largest absolute Gasteiger partial charge is 0.366 e. The minimum absolute atomic E-state index is 0.0751. The van der Waals surface area contributed by atoms with E-state index in [1.165, 1.54) is 0 Å². The molecule has 1 fully saturated rings. The van der Waals surface area contributed by atoms with Crippen LogP contribution in [0.15, 0.2) is 41.3 Å². The summed E-state index contributed by atoms with van der Waals surface area (Å²) in [5.74, 6) is 1.72. The zero-order chi connectivity index (χ0) is 18.4. The van der Waals surface area contributed by atoms with Gasteiger partial charge in [0.25, 0.3) is 0 Å². The highest BCUT2D eigenvalue weighted by Gasteiger charge is 2.28. The molecule has 0 unspecified atom stereocenters. The van der Waals surface area contributed by atoms with Crippen LogP contribution in [0.1, 0.15) is 24.5 Å². The molecule has 10 nitrogen and oxygen atoms in total. The van der Waals surface area contributed by atoms with E-state index in [4.69, 9.17) is 10.3 Å². The van der Waals surface area contributed by atoms with Crippen LogP contribution in [0.4, 0.5) is 11.8 Å². The van der Waals surface area contributed by atoms with Crippen molar-refractivity contribution in [3.8, 4) is 11.1 Å². The Bertz CT molecular complexity index is 1140. The molecule has 4 heterocycles. The van der Waals surface area contributed by atoms with Crippen LogP contribution >= 0.6 is 0 Å². The fourth-order valence-corrected chi connectivity index (χ4v) is 2.92. The zero-order valence-electron chi connectivity index (χ0n) is 14.2. The first-order chi connectivity index (χ1) is 13.1. The van der Waals surface area contributed by atoms with Gasteiger partial charge in [0.1, 0.15) is 12.3 Å². The van der Waals surface area contributed by atoms with Crippen LogP contribution < -0.4 is 11.1 Å². The van der Waals surface area contributed by atoms with E-state index in [1.807, 2.05) is 12.1 Å². The molecule has 0 radical (unpaired) electrons. The topological polar surface area (TPSA) is 129 Å². The molecule has 136 valence electrons. The first kappa shape index (κ1) is 15.6. The Labute approximate surface area is 153 Å². The second-order valence-corrected chi connectivity index (χ2v) is 6.55. The van der Waals surface area contributed by atoms with E-state index in [9.17, 15) is 4.79 Å². The van der Waals surface area contributed by atoms with Gasteiger partial charge in [0.05, 0.1) is 6.20 Å². The number of hydrogen-bond donors (Lipinski definition) is 2. The van der Waals surface area contributed by atoms with Gasteiger partial charge in [0, 0.05) is 29.9 Å². The number of carbonyl (C=O) groups excluding carboxylic acids is 1. The van der Waals surface area contributed by atoms with Crippen LogP contribution in [0.3, 0.4) is 0 Å². The van der Waals surface area contributed by atoms with Gasteiger partial charge in [0.15, 0.2) is 11.5 Å². The van der Waals surface area contributed by atoms with Crippen LogP contribution in [0.2, 0.25) is 0 Å². The molecule has 1 amide bonds. The molecule has 0 bridgehead atoms. The summed E-state index contributed by atoms with van der Waals surface area (Å²) >= 11 is 0. The third-order valence-corrected chi connectivity index (χ3v) is 4.40. The van der Waals surface area contributed by atoms with Crippen LogP contribution in [0, 0.1) is 0 Å². The van der Waals surface area contributed by atoms with E-state index in [0.29, 0.717) is 17.4 Å². The number of carbonyl (C=O) groups is 1. The van der Waals surface area contributed by atoms with Gasteiger partial charge in [0.2, 0.25) is 11.9 Å². The standard InChI is InChI=1S/C17H16N8O2/c18-17-21-15-5-11(3-4-25(15)22-17)12-7-19-24(8-12)9-16(26)20-14-6-13(27-23-14)10-1-2-10/h3-8,10H,1-2,9H2,(H2,18,22)(H,20,23,26). The highest BCUT2D eigenvalue weighted by molar-refractivity contribution is 5.89. The SMILES string of the molecule is Nc1nc2cc(-c3cnn(CC(=O)Nc4cc(C5CC5)on4)c3)ccn2n1. The van der Waals surface area contributed by atoms with E-state index < -0.39 is 0 Å². The normalized spacial score (nSPS) is 13.9. The summed E-state index contributed by atoms with van der Waals surface area (Å²) in [6.45, 7) is 0.0751. The highest BCUT2D eigenvalue weighted by atomic mass is 16.5. The number of aromatic nitrogens is 6. The number of anilines is 2. The highest BCUT2D eigenvalue weighted by Crippen LogP contribution is 2.40. The summed E-state index contributed by atoms with van der Waals surface area (Å²) in [6.07, 6.45) is 7.50. The molecule has 3 N–H and O–H groups in total. The maximum Gasteiger partial charge on any atom is 0.247 e. The summed E-state index contributed by atoms with van der Waals surface area (Å²) in [5.41, 5.74) is 8.03. The fraction of sp³-hybridized carbons (Fsp3) is 0.235. The van der Waals surface area contributed by atoms with E-state index in [1.54, 1.807) is 33.9 Å². The molecule has 5 rings (SSSR count). The summed E-state index contributed by atoms with van der Waals surface area (Å²) in [5, 5.41) is 14.9. The molecular weight excluding hydrogens is 348 g/mol. The van der Waals surface area contributed by atoms with Crippen molar-refractivity contribution in [2.75, 3.05) is 11.1 Å². The molecule has 1 aliphatic rings. The van der Waals surface area contributed by atoms with Crippen molar-refractivity contribution < 1.29 is 9.32 Å². The number of hydrogen-bond acceptors (Lipinski definition) is 7. The molecule has 4 aromatic rings. The molecule has 0 aromatic carbocycles. The third-order valence-electron chi connectivity index (χ3n) is 4.40. The maximum absolute atomic E-state index is 12.2. The van der Waals surface area contributed by atoms with Gasteiger partial charge in [-0.3, -0.25) is 9.48 Å². The van der Waals surface area contributed by atoms with Gasteiger partial charge < -0.3 is 15.6 Å². The molecule has 1 saturated carbocycles. The number of nitrogens with zero attached hydrogens (tertiary/aromatic N) is 6. The first-order valence-electron chi connectivity index (χ1n) is 8.55. The van der Waals surface area contributed by atoms with E-state index >= 15 is 0 Å². The minimum Gasteiger partial charge on any atom is -0.366 e. The molecule has 0 spiro atoms. The molecule has 4 aromatic heterocycles. The average Bonchev–Trinajstić information content (AvgIpc) is 3.03. The molecule has 0 atom stereocenters.